The predicted octanol–water partition coefficient (Wildman–Crippen LogP) is 4.95. The molecule has 136 valence electrons. The fourth-order valence-corrected chi connectivity index (χ4v) is 2.41. The largest absolute Gasteiger partial charge is 0.490 e. The summed E-state index contributed by atoms with van der Waals surface area (Å²) in [6.07, 6.45) is 0. The van der Waals surface area contributed by atoms with Crippen molar-refractivity contribution in [3.8, 4) is 11.5 Å². The summed E-state index contributed by atoms with van der Waals surface area (Å²) in [5.41, 5.74) is -3.91. The summed E-state index contributed by atoms with van der Waals surface area (Å²) in [6, 6.07) is 0.927. The van der Waals surface area contributed by atoms with E-state index >= 15 is 0 Å². The van der Waals surface area contributed by atoms with Gasteiger partial charge in [0.1, 0.15) is 0 Å². The first-order valence-electron chi connectivity index (χ1n) is 6.82. The van der Waals surface area contributed by atoms with Crippen LogP contribution < -0.4 is 9.47 Å². The number of hydrogen-bond acceptors (Lipinski definition) is 2. The van der Waals surface area contributed by atoms with E-state index in [-0.39, 0.29) is 19.3 Å². The van der Waals surface area contributed by atoms with Crippen molar-refractivity contribution in [2.45, 2.75) is 37.5 Å². The second kappa shape index (κ2) is 5.38. The average molecular weight is 364 g/mol. The molecule has 0 spiro atoms. The van der Waals surface area contributed by atoms with Gasteiger partial charge < -0.3 is 9.47 Å². The molecular formula is C14H12F8O2. The molecule has 0 atom stereocenters. The smallest absolute Gasteiger partial charge is 0.383 e. The molecule has 1 aliphatic rings. The van der Waals surface area contributed by atoms with E-state index in [9.17, 15) is 35.1 Å². The van der Waals surface area contributed by atoms with E-state index in [4.69, 9.17) is 9.47 Å². The van der Waals surface area contributed by atoms with E-state index in [2.05, 4.69) is 0 Å². The number of fused-ring (bicyclic) bond motifs is 1. The third kappa shape index (κ3) is 2.07. The Hall–Kier alpha value is -1.74. The van der Waals surface area contributed by atoms with E-state index in [1.165, 1.54) is 13.8 Å². The van der Waals surface area contributed by atoms with Crippen molar-refractivity contribution in [1.29, 1.82) is 0 Å². The molecule has 2 rings (SSSR count). The molecule has 24 heavy (non-hydrogen) atoms. The summed E-state index contributed by atoms with van der Waals surface area (Å²) < 4.78 is 120. The zero-order valence-electron chi connectivity index (χ0n) is 12.4. The molecule has 0 radical (unpaired) electrons. The first kappa shape index (κ1) is 18.6. The number of halogens is 8. The summed E-state index contributed by atoms with van der Waals surface area (Å²) in [5, 5.41) is 0. The second-order valence-corrected chi connectivity index (χ2v) is 4.98. The van der Waals surface area contributed by atoms with E-state index in [1.54, 1.807) is 0 Å². The van der Waals surface area contributed by atoms with Crippen molar-refractivity contribution >= 4 is 0 Å². The molecule has 0 aliphatic heterocycles. The van der Waals surface area contributed by atoms with Gasteiger partial charge in [-0.3, -0.25) is 0 Å². The normalized spacial score (nSPS) is 22.6. The third-order valence-electron chi connectivity index (χ3n) is 3.55. The summed E-state index contributed by atoms with van der Waals surface area (Å²) in [5.74, 6) is -25.3. The van der Waals surface area contributed by atoms with Gasteiger partial charge >= 0.3 is 23.7 Å². The number of alkyl halides is 8. The summed E-state index contributed by atoms with van der Waals surface area (Å²) in [7, 11) is 0. The van der Waals surface area contributed by atoms with Crippen molar-refractivity contribution in [2.75, 3.05) is 13.2 Å². The average Bonchev–Trinajstić information content (AvgIpc) is 2.47. The fourth-order valence-electron chi connectivity index (χ4n) is 2.41. The maximum atomic E-state index is 14.1. The van der Waals surface area contributed by atoms with Crippen LogP contribution in [0.25, 0.3) is 0 Å². The molecule has 1 aliphatic carbocycles. The minimum absolute atomic E-state index is 0.118. The van der Waals surface area contributed by atoms with Crippen molar-refractivity contribution in [2.24, 2.45) is 0 Å². The SMILES string of the molecule is CCOc1ccc2c(c1OCC)C(F)(F)C(F)(F)C(F)(F)C2(F)F. The lowest BCUT2D eigenvalue weighted by Crippen LogP contribution is -2.63. The van der Waals surface area contributed by atoms with Crippen LogP contribution in [0.1, 0.15) is 25.0 Å². The highest BCUT2D eigenvalue weighted by atomic mass is 19.4. The fraction of sp³-hybridized carbons (Fsp3) is 0.571. The van der Waals surface area contributed by atoms with Crippen LogP contribution in [0, 0.1) is 0 Å². The van der Waals surface area contributed by atoms with Gasteiger partial charge in [-0.2, -0.15) is 35.1 Å². The predicted molar refractivity (Wildman–Crippen MR) is 66.5 cm³/mol. The molecule has 1 aromatic carbocycles. The lowest BCUT2D eigenvalue weighted by molar-refractivity contribution is -0.386. The van der Waals surface area contributed by atoms with Gasteiger partial charge in [-0.25, -0.2) is 0 Å². The first-order chi connectivity index (χ1) is 10.9. The second-order valence-electron chi connectivity index (χ2n) is 4.98. The van der Waals surface area contributed by atoms with Crippen LogP contribution in [-0.2, 0) is 11.8 Å². The molecule has 0 bridgehead atoms. The van der Waals surface area contributed by atoms with E-state index in [1.807, 2.05) is 0 Å². The number of benzene rings is 1. The standard InChI is InChI=1S/C14H12F8O2/c1-3-23-8-6-5-7-9(10(8)24-4-2)12(17,18)14(21,22)13(19,20)11(7,15)16/h5-6H,3-4H2,1-2H3. The quantitative estimate of drug-likeness (QED) is 0.704. The van der Waals surface area contributed by atoms with Crippen molar-refractivity contribution in [3.05, 3.63) is 23.3 Å². The Kier molecular flexibility index (Phi) is 4.17. The highest BCUT2D eigenvalue weighted by Crippen LogP contribution is 2.66. The van der Waals surface area contributed by atoms with Crippen molar-refractivity contribution in [1.82, 2.24) is 0 Å². The van der Waals surface area contributed by atoms with Gasteiger partial charge in [-0.05, 0) is 26.0 Å². The van der Waals surface area contributed by atoms with Crippen LogP contribution in [0.3, 0.4) is 0 Å². The summed E-state index contributed by atoms with van der Waals surface area (Å²) in [4.78, 5) is 0. The summed E-state index contributed by atoms with van der Waals surface area (Å²) >= 11 is 0. The minimum atomic E-state index is -6.33. The van der Waals surface area contributed by atoms with Gasteiger partial charge in [0.15, 0.2) is 11.5 Å². The Balaban J connectivity index is 2.91. The van der Waals surface area contributed by atoms with Crippen LogP contribution in [0.5, 0.6) is 11.5 Å². The molecule has 0 amide bonds. The molecule has 0 saturated carbocycles. The van der Waals surface area contributed by atoms with Crippen molar-refractivity contribution in [3.63, 3.8) is 0 Å². The third-order valence-corrected chi connectivity index (χ3v) is 3.55. The molecule has 0 unspecified atom stereocenters. The Morgan fingerprint density at radius 2 is 1.25 bits per heavy atom. The summed E-state index contributed by atoms with van der Waals surface area (Å²) in [6.45, 7) is 2.22. The maximum absolute atomic E-state index is 14.1. The number of hydrogen-bond donors (Lipinski definition) is 0. The van der Waals surface area contributed by atoms with Crippen LogP contribution >= 0.6 is 0 Å². The van der Waals surface area contributed by atoms with E-state index in [0.29, 0.717) is 6.07 Å². The maximum Gasteiger partial charge on any atom is 0.383 e. The Labute approximate surface area is 131 Å². The zero-order chi connectivity index (χ0) is 18.6. The van der Waals surface area contributed by atoms with E-state index in [0.717, 1.165) is 0 Å². The molecule has 2 nitrogen and oxygen atoms in total. The molecule has 0 saturated heterocycles. The Morgan fingerprint density at radius 1 is 0.750 bits per heavy atom. The van der Waals surface area contributed by atoms with Crippen LogP contribution in [0.2, 0.25) is 0 Å². The number of rotatable bonds is 4. The van der Waals surface area contributed by atoms with Crippen molar-refractivity contribution < 1.29 is 44.6 Å². The first-order valence-corrected chi connectivity index (χ1v) is 6.82. The topological polar surface area (TPSA) is 18.5 Å². The van der Waals surface area contributed by atoms with Crippen LogP contribution in [0.15, 0.2) is 12.1 Å². The lowest BCUT2D eigenvalue weighted by Gasteiger charge is -2.43. The van der Waals surface area contributed by atoms with Crippen LogP contribution in [-0.4, -0.2) is 25.1 Å². The molecule has 0 fully saturated rings. The van der Waals surface area contributed by atoms with Gasteiger partial charge in [-0.1, -0.05) is 0 Å². The van der Waals surface area contributed by atoms with Crippen LogP contribution in [0.4, 0.5) is 35.1 Å². The Morgan fingerprint density at radius 3 is 1.75 bits per heavy atom. The minimum Gasteiger partial charge on any atom is -0.490 e. The number of ether oxygens (including phenoxy) is 2. The molecular weight excluding hydrogens is 352 g/mol. The highest BCUT2D eigenvalue weighted by Gasteiger charge is 2.86. The van der Waals surface area contributed by atoms with Gasteiger partial charge in [-0.15, -0.1) is 0 Å². The lowest BCUT2D eigenvalue weighted by atomic mass is 9.79. The highest BCUT2D eigenvalue weighted by molar-refractivity contribution is 5.57. The molecule has 1 aromatic rings. The van der Waals surface area contributed by atoms with Gasteiger partial charge in [0.25, 0.3) is 0 Å². The van der Waals surface area contributed by atoms with Gasteiger partial charge in [0, 0.05) is 5.56 Å². The van der Waals surface area contributed by atoms with E-state index < -0.39 is 46.3 Å². The Bertz CT molecular complexity index is 642. The zero-order valence-corrected chi connectivity index (χ0v) is 12.4. The molecule has 10 heteroatoms. The molecule has 0 heterocycles. The monoisotopic (exact) mass is 364 g/mol. The molecule has 0 aromatic heterocycles. The van der Waals surface area contributed by atoms with Gasteiger partial charge in [0.2, 0.25) is 0 Å². The van der Waals surface area contributed by atoms with Gasteiger partial charge in [0.05, 0.1) is 18.8 Å². The molecule has 0 N–H and O–H groups in total.